The Morgan fingerprint density at radius 2 is 1.68 bits per heavy atom. The van der Waals surface area contributed by atoms with Gasteiger partial charge in [0.2, 0.25) is 11.8 Å². The summed E-state index contributed by atoms with van der Waals surface area (Å²) in [4.78, 5) is 3.53. The predicted molar refractivity (Wildman–Crippen MR) is 62.9 cm³/mol. The normalized spacial score (nSPS) is 10.4. The first-order chi connectivity index (χ1) is 8.90. The Morgan fingerprint density at radius 3 is 2.16 bits per heavy atom. The molecule has 1 aromatic rings. The summed E-state index contributed by atoms with van der Waals surface area (Å²) in [6, 6.07) is 0.645. The second-order valence-corrected chi connectivity index (χ2v) is 3.52. The second-order valence-electron chi connectivity index (χ2n) is 3.11. The number of rotatable bonds is 4. The van der Waals surface area contributed by atoms with Crippen molar-refractivity contribution >= 4 is 11.6 Å². The van der Waals surface area contributed by atoms with Crippen LogP contribution >= 0.6 is 11.6 Å². The van der Waals surface area contributed by atoms with Gasteiger partial charge >= 0.3 is 6.18 Å². The number of pyridine rings is 1. The first-order valence-electron chi connectivity index (χ1n) is 4.80. The number of nitrogens with zero attached hydrogens (tertiary/aromatic N) is 1. The molecule has 0 aliphatic heterocycles. The third-order valence-electron chi connectivity index (χ3n) is 1.80. The fraction of sp³-hybridized carbons (Fsp3) is 0.250. The molecule has 0 amide bonds. The van der Waals surface area contributed by atoms with E-state index in [0.717, 1.165) is 0 Å². The van der Waals surface area contributed by atoms with Crippen LogP contribution in [0.25, 0.3) is 0 Å². The van der Waals surface area contributed by atoms with E-state index in [2.05, 4.69) is 10.9 Å². The molecule has 0 aliphatic rings. The van der Waals surface area contributed by atoms with Crippen molar-refractivity contribution in [2.45, 2.75) is 6.18 Å². The summed E-state index contributed by atoms with van der Waals surface area (Å²) in [6.07, 6.45) is 5.20. The number of terminal acetylenes is 2. The quantitative estimate of drug-likeness (QED) is 0.799. The molecule has 0 aliphatic carbocycles. The SMILES string of the molecule is C#CCOc1nc(OCC#C)c(C(F)(F)F)cc1Cl. The maximum atomic E-state index is 12.7. The van der Waals surface area contributed by atoms with Gasteiger partial charge in [0.1, 0.15) is 10.6 Å². The highest BCUT2D eigenvalue weighted by Crippen LogP contribution is 2.39. The fourth-order valence-corrected chi connectivity index (χ4v) is 1.30. The lowest BCUT2D eigenvalue weighted by molar-refractivity contribution is -0.139. The molecule has 3 nitrogen and oxygen atoms in total. The topological polar surface area (TPSA) is 31.4 Å². The van der Waals surface area contributed by atoms with Crippen LogP contribution in [0.2, 0.25) is 5.02 Å². The van der Waals surface area contributed by atoms with Crippen LogP contribution in [0.15, 0.2) is 6.07 Å². The zero-order valence-electron chi connectivity index (χ0n) is 9.42. The van der Waals surface area contributed by atoms with Gasteiger partial charge in [-0.05, 0) is 6.07 Å². The molecule has 0 radical (unpaired) electrons. The van der Waals surface area contributed by atoms with Crippen molar-refractivity contribution in [2.24, 2.45) is 0 Å². The van der Waals surface area contributed by atoms with Crippen LogP contribution in [0, 0.1) is 24.7 Å². The lowest BCUT2D eigenvalue weighted by Crippen LogP contribution is -2.11. The first-order valence-corrected chi connectivity index (χ1v) is 5.18. The van der Waals surface area contributed by atoms with Crippen molar-refractivity contribution in [3.05, 3.63) is 16.7 Å². The summed E-state index contributed by atoms with van der Waals surface area (Å²) in [7, 11) is 0. The van der Waals surface area contributed by atoms with Crippen molar-refractivity contribution in [1.82, 2.24) is 4.98 Å². The van der Waals surface area contributed by atoms with Crippen molar-refractivity contribution in [1.29, 1.82) is 0 Å². The molecule has 0 atom stereocenters. The van der Waals surface area contributed by atoms with E-state index in [1.165, 1.54) is 0 Å². The van der Waals surface area contributed by atoms with E-state index in [1.807, 2.05) is 5.92 Å². The average Bonchev–Trinajstić information content (AvgIpc) is 2.34. The van der Waals surface area contributed by atoms with Crippen LogP contribution in [0.5, 0.6) is 11.8 Å². The third kappa shape index (κ3) is 3.97. The Labute approximate surface area is 112 Å². The Morgan fingerprint density at radius 1 is 1.16 bits per heavy atom. The molecular formula is C12H7ClF3NO2. The standard InChI is InChI=1S/C12H7ClF3NO2/c1-3-5-18-10-8(12(14,15)16)7-9(13)11(17-10)19-6-4-2/h1-2,7H,5-6H2. The van der Waals surface area contributed by atoms with E-state index in [1.54, 1.807) is 0 Å². The summed E-state index contributed by atoms with van der Waals surface area (Å²) >= 11 is 5.63. The number of alkyl halides is 3. The lowest BCUT2D eigenvalue weighted by Gasteiger charge is -2.14. The van der Waals surface area contributed by atoms with Crippen LogP contribution in [0.4, 0.5) is 13.2 Å². The van der Waals surface area contributed by atoms with Gasteiger partial charge < -0.3 is 9.47 Å². The minimum atomic E-state index is -4.68. The third-order valence-corrected chi connectivity index (χ3v) is 2.07. The molecule has 0 N–H and O–H groups in total. The highest BCUT2D eigenvalue weighted by molar-refractivity contribution is 6.31. The van der Waals surface area contributed by atoms with E-state index in [-0.39, 0.29) is 24.1 Å². The smallest absolute Gasteiger partial charge is 0.421 e. The number of hydrogen-bond acceptors (Lipinski definition) is 3. The van der Waals surface area contributed by atoms with E-state index in [0.29, 0.717) is 6.07 Å². The Kier molecular flexibility index (Phi) is 4.91. The zero-order chi connectivity index (χ0) is 14.5. The fourth-order valence-electron chi connectivity index (χ4n) is 1.09. The van der Waals surface area contributed by atoms with E-state index >= 15 is 0 Å². The van der Waals surface area contributed by atoms with Gasteiger partial charge in [0.05, 0.1) is 0 Å². The van der Waals surface area contributed by atoms with Gasteiger partial charge in [0.25, 0.3) is 0 Å². The molecule has 0 aromatic carbocycles. The molecule has 7 heteroatoms. The number of aromatic nitrogens is 1. The van der Waals surface area contributed by atoms with Gasteiger partial charge in [0.15, 0.2) is 13.2 Å². The van der Waals surface area contributed by atoms with Crippen LogP contribution in [0.3, 0.4) is 0 Å². The maximum Gasteiger partial charge on any atom is 0.421 e. The van der Waals surface area contributed by atoms with Crippen molar-refractivity contribution in [3.8, 4) is 36.4 Å². The summed E-state index contributed by atoms with van der Waals surface area (Å²) in [5.41, 5.74) is -1.14. The maximum absolute atomic E-state index is 12.7. The van der Waals surface area contributed by atoms with Crippen LogP contribution in [-0.2, 0) is 6.18 Å². The van der Waals surface area contributed by atoms with Crippen LogP contribution in [-0.4, -0.2) is 18.2 Å². The molecule has 0 bridgehead atoms. The summed E-state index contributed by atoms with van der Waals surface area (Å²) in [6.45, 7) is -0.557. The van der Waals surface area contributed by atoms with Crippen molar-refractivity contribution < 1.29 is 22.6 Å². The summed E-state index contributed by atoms with van der Waals surface area (Å²) < 4.78 is 47.8. The molecule has 19 heavy (non-hydrogen) atoms. The van der Waals surface area contributed by atoms with Gasteiger partial charge in [-0.25, -0.2) is 0 Å². The van der Waals surface area contributed by atoms with Gasteiger partial charge in [-0.1, -0.05) is 23.4 Å². The Hall–Kier alpha value is -2.05. The summed E-state index contributed by atoms with van der Waals surface area (Å²) in [5, 5.41) is -0.323. The molecule has 100 valence electrons. The molecule has 1 aromatic heterocycles. The zero-order valence-corrected chi connectivity index (χ0v) is 10.2. The van der Waals surface area contributed by atoms with Crippen LogP contribution in [0.1, 0.15) is 5.56 Å². The minimum absolute atomic E-state index is 0.188. The van der Waals surface area contributed by atoms with E-state index in [9.17, 15) is 13.2 Å². The van der Waals surface area contributed by atoms with Gasteiger partial charge in [-0.2, -0.15) is 18.2 Å². The Balaban J connectivity index is 3.22. The average molecular weight is 290 g/mol. The molecule has 0 fully saturated rings. The number of hydrogen-bond donors (Lipinski definition) is 0. The van der Waals surface area contributed by atoms with Gasteiger partial charge in [-0.3, -0.25) is 0 Å². The molecule has 0 saturated heterocycles. The molecular weight excluding hydrogens is 283 g/mol. The van der Waals surface area contributed by atoms with E-state index in [4.69, 9.17) is 33.9 Å². The molecule has 0 spiro atoms. The number of halogens is 4. The lowest BCUT2D eigenvalue weighted by atomic mass is 10.2. The van der Waals surface area contributed by atoms with Gasteiger partial charge in [-0.15, -0.1) is 12.8 Å². The minimum Gasteiger partial charge on any atom is -0.464 e. The predicted octanol–water partition coefficient (Wildman–Crippen LogP) is 2.78. The van der Waals surface area contributed by atoms with Crippen LogP contribution < -0.4 is 9.47 Å². The number of ether oxygens (including phenoxy) is 2. The highest BCUT2D eigenvalue weighted by atomic mass is 35.5. The van der Waals surface area contributed by atoms with E-state index < -0.39 is 17.6 Å². The molecule has 1 heterocycles. The highest BCUT2D eigenvalue weighted by Gasteiger charge is 2.36. The summed E-state index contributed by atoms with van der Waals surface area (Å²) in [5.74, 6) is 3.21. The Bertz CT molecular complexity index is 544. The second kappa shape index (κ2) is 6.21. The molecule has 0 saturated carbocycles. The van der Waals surface area contributed by atoms with Crippen molar-refractivity contribution in [3.63, 3.8) is 0 Å². The van der Waals surface area contributed by atoms with Gasteiger partial charge in [0, 0.05) is 0 Å². The van der Waals surface area contributed by atoms with Crippen molar-refractivity contribution in [2.75, 3.05) is 13.2 Å². The monoisotopic (exact) mass is 289 g/mol. The molecule has 0 unspecified atom stereocenters. The molecule has 1 rings (SSSR count). The largest absolute Gasteiger partial charge is 0.464 e. The first kappa shape index (κ1) is 15.0.